The minimum atomic E-state index is -4.44. The summed E-state index contributed by atoms with van der Waals surface area (Å²) in [6, 6.07) is 5.51. The van der Waals surface area contributed by atoms with E-state index in [0.29, 0.717) is 6.61 Å². The van der Waals surface area contributed by atoms with Crippen molar-refractivity contribution in [3.8, 4) is 0 Å². The van der Waals surface area contributed by atoms with Crippen molar-refractivity contribution in [3.05, 3.63) is 29.8 Å². The first-order chi connectivity index (χ1) is 8.79. The highest BCUT2D eigenvalue weighted by Crippen LogP contribution is 2.38. The lowest BCUT2D eigenvalue weighted by molar-refractivity contribution is -0.0328. The van der Waals surface area contributed by atoms with Crippen molar-refractivity contribution < 1.29 is 22.8 Å². The number of hydrogen-bond acceptors (Lipinski definition) is 3. The van der Waals surface area contributed by atoms with Gasteiger partial charge in [0.1, 0.15) is 0 Å². The Kier molecular flexibility index (Phi) is 5.68. The first-order valence-electron chi connectivity index (χ1n) is 5.56. The smallest absolute Gasteiger partial charge is 0.273 e. The van der Waals surface area contributed by atoms with Gasteiger partial charge in [-0.2, -0.15) is 13.2 Å². The minimum Gasteiger partial charge on any atom is -0.273 e. The Morgan fingerprint density at radius 1 is 1.37 bits per heavy atom. The highest BCUT2D eigenvalue weighted by molar-refractivity contribution is 8.00. The second kappa shape index (κ2) is 6.81. The number of thioether (sulfide) groups is 1. The van der Waals surface area contributed by atoms with Gasteiger partial charge in [0, 0.05) is 4.90 Å². The number of alkyl halides is 3. The molecule has 0 heterocycles. The second-order valence-electron chi connectivity index (χ2n) is 4.18. The summed E-state index contributed by atoms with van der Waals surface area (Å²) in [7, 11) is 0. The van der Waals surface area contributed by atoms with E-state index in [-0.39, 0.29) is 28.1 Å². The number of carbonyl (C=O) groups excluding carboxylic acids is 1. The summed E-state index contributed by atoms with van der Waals surface area (Å²) < 4.78 is 37.0. The summed E-state index contributed by atoms with van der Waals surface area (Å²) in [4.78, 5) is 16.5. The molecule has 106 valence electrons. The standard InChI is InChI=1S/C12H14F3NO2S/c1-8(2)7-18-16-11(17)9-5-3-4-6-10(9)19-12(13,14)15/h3-6,8H,7H2,1-2H3,(H,16,17). The largest absolute Gasteiger partial charge is 0.446 e. The van der Waals surface area contributed by atoms with Gasteiger partial charge < -0.3 is 0 Å². The van der Waals surface area contributed by atoms with Gasteiger partial charge in [0.15, 0.2) is 0 Å². The Hall–Kier alpha value is -1.21. The van der Waals surface area contributed by atoms with Gasteiger partial charge in [0.2, 0.25) is 0 Å². The van der Waals surface area contributed by atoms with Crippen LogP contribution in [0.2, 0.25) is 0 Å². The van der Waals surface area contributed by atoms with Gasteiger partial charge in [-0.1, -0.05) is 26.0 Å². The van der Waals surface area contributed by atoms with Crippen LogP contribution in [0, 0.1) is 5.92 Å². The van der Waals surface area contributed by atoms with Crippen LogP contribution in [0.5, 0.6) is 0 Å². The Morgan fingerprint density at radius 3 is 2.58 bits per heavy atom. The minimum absolute atomic E-state index is 0.0615. The number of benzene rings is 1. The maximum atomic E-state index is 12.3. The molecule has 1 aromatic carbocycles. The van der Waals surface area contributed by atoms with E-state index in [9.17, 15) is 18.0 Å². The molecule has 1 N–H and O–H groups in total. The molecule has 0 aromatic heterocycles. The Bertz CT molecular complexity index is 435. The third-order valence-corrected chi connectivity index (χ3v) is 2.75. The topological polar surface area (TPSA) is 38.3 Å². The van der Waals surface area contributed by atoms with Crippen LogP contribution in [0.25, 0.3) is 0 Å². The van der Waals surface area contributed by atoms with Crippen molar-refractivity contribution in [2.45, 2.75) is 24.3 Å². The zero-order valence-corrected chi connectivity index (χ0v) is 11.3. The van der Waals surface area contributed by atoms with Crippen molar-refractivity contribution in [3.63, 3.8) is 0 Å². The van der Waals surface area contributed by atoms with Crippen LogP contribution >= 0.6 is 11.8 Å². The molecule has 0 radical (unpaired) electrons. The Balaban J connectivity index is 2.74. The normalized spacial score (nSPS) is 11.7. The zero-order valence-electron chi connectivity index (χ0n) is 10.5. The first kappa shape index (κ1) is 15.8. The molecular formula is C12H14F3NO2S. The molecule has 19 heavy (non-hydrogen) atoms. The number of carbonyl (C=O) groups is 1. The van der Waals surface area contributed by atoms with Crippen LogP contribution in [0.15, 0.2) is 29.2 Å². The van der Waals surface area contributed by atoms with Gasteiger partial charge in [-0.15, -0.1) is 0 Å². The lowest BCUT2D eigenvalue weighted by Crippen LogP contribution is -2.26. The van der Waals surface area contributed by atoms with Crippen molar-refractivity contribution in [2.75, 3.05) is 6.61 Å². The van der Waals surface area contributed by atoms with Crippen molar-refractivity contribution >= 4 is 17.7 Å². The van der Waals surface area contributed by atoms with Gasteiger partial charge in [-0.05, 0) is 29.8 Å². The van der Waals surface area contributed by atoms with E-state index in [1.165, 1.54) is 24.3 Å². The lowest BCUT2D eigenvalue weighted by Gasteiger charge is -2.12. The fourth-order valence-electron chi connectivity index (χ4n) is 1.20. The highest BCUT2D eigenvalue weighted by atomic mass is 32.2. The summed E-state index contributed by atoms with van der Waals surface area (Å²) >= 11 is -0.321. The summed E-state index contributed by atoms with van der Waals surface area (Å²) in [6.45, 7) is 4.07. The fraction of sp³-hybridized carbons (Fsp3) is 0.417. The Morgan fingerprint density at radius 2 is 2.00 bits per heavy atom. The van der Waals surface area contributed by atoms with E-state index < -0.39 is 11.4 Å². The number of rotatable bonds is 5. The molecule has 3 nitrogen and oxygen atoms in total. The summed E-state index contributed by atoms with van der Waals surface area (Å²) in [5.74, 6) is -0.479. The van der Waals surface area contributed by atoms with Crippen LogP contribution < -0.4 is 5.48 Å². The molecule has 0 aliphatic rings. The molecule has 0 saturated heterocycles. The average Bonchev–Trinajstić information content (AvgIpc) is 2.26. The molecule has 0 atom stereocenters. The first-order valence-corrected chi connectivity index (χ1v) is 6.38. The molecular weight excluding hydrogens is 279 g/mol. The molecule has 0 spiro atoms. The third-order valence-electron chi connectivity index (χ3n) is 1.94. The predicted molar refractivity (Wildman–Crippen MR) is 66.6 cm³/mol. The molecule has 0 saturated carbocycles. The monoisotopic (exact) mass is 293 g/mol. The van der Waals surface area contributed by atoms with E-state index in [1.807, 2.05) is 13.8 Å². The lowest BCUT2D eigenvalue weighted by atomic mass is 10.2. The molecule has 1 amide bonds. The molecule has 1 rings (SSSR count). The molecule has 0 unspecified atom stereocenters. The SMILES string of the molecule is CC(C)CONC(=O)c1ccccc1SC(F)(F)F. The van der Waals surface area contributed by atoms with Crippen molar-refractivity contribution in [2.24, 2.45) is 5.92 Å². The number of nitrogens with one attached hydrogen (secondary N) is 1. The maximum Gasteiger partial charge on any atom is 0.446 e. The maximum absolute atomic E-state index is 12.3. The number of hydroxylamine groups is 1. The molecule has 7 heteroatoms. The molecule has 1 aromatic rings. The van der Waals surface area contributed by atoms with Crippen LogP contribution in [0.3, 0.4) is 0 Å². The van der Waals surface area contributed by atoms with Gasteiger partial charge in [-0.25, -0.2) is 5.48 Å². The van der Waals surface area contributed by atoms with Crippen LogP contribution in [0.1, 0.15) is 24.2 Å². The van der Waals surface area contributed by atoms with Crippen LogP contribution in [-0.4, -0.2) is 18.0 Å². The number of hydrogen-bond donors (Lipinski definition) is 1. The summed E-state index contributed by atoms with van der Waals surface area (Å²) in [5.41, 5.74) is -2.36. The second-order valence-corrected chi connectivity index (χ2v) is 5.29. The van der Waals surface area contributed by atoms with E-state index in [2.05, 4.69) is 5.48 Å². The molecule has 0 aliphatic carbocycles. The van der Waals surface area contributed by atoms with E-state index in [0.717, 1.165) is 0 Å². The number of halogens is 3. The molecule has 0 bridgehead atoms. The van der Waals surface area contributed by atoms with E-state index in [4.69, 9.17) is 4.84 Å². The Labute approximate surface area is 113 Å². The summed E-state index contributed by atoms with van der Waals surface area (Å²) in [6.07, 6.45) is 0. The van der Waals surface area contributed by atoms with Gasteiger partial charge in [-0.3, -0.25) is 9.63 Å². The third kappa shape index (κ3) is 5.98. The fourth-order valence-corrected chi connectivity index (χ4v) is 1.86. The quantitative estimate of drug-likeness (QED) is 0.665. The van der Waals surface area contributed by atoms with Crippen LogP contribution in [0.4, 0.5) is 13.2 Å². The van der Waals surface area contributed by atoms with E-state index >= 15 is 0 Å². The van der Waals surface area contributed by atoms with Gasteiger partial charge in [0.25, 0.3) is 5.91 Å². The highest BCUT2D eigenvalue weighted by Gasteiger charge is 2.31. The zero-order chi connectivity index (χ0) is 14.5. The molecule has 0 fully saturated rings. The van der Waals surface area contributed by atoms with Crippen LogP contribution in [-0.2, 0) is 4.84 Å². The van der Waals surface area contributed by atoms with Gasteiger partial charge in [0.05, 0.1) is 12.2 Å². The van der Waals surface area contributed by atoms with E-state index in [1.54, 1.807) is 0 Å². The summed E-state index contributed by atoms with van der Waals surface area (Å²) in [5, 5.41) is 0. The predicted octanol–water partition coefficient (Wildman–Crippen LogP) is 3.62. The van der Waals surface area contributed by atoms with Crippen molar-refractivity contribution in [1.82, 2.24) is 5.48 Å². The van der Waals surface area contributed by atoms with Crippen molar-refractivity contribution in [1.29, 1.82) is 0 Å². The molecule has 0 aliphatic heterocycles. The van der Waals surface area contributed by atoms with Gasteiger partial charge >= 0.3 is 5.51 Å². The number of amides is 1. The average molecular weight is 293 g/mol.